The van der Waals surface area contributed by atoms with Gasteiger partial charge in [0, 0.05) is 13.6 Å². The number of aromatic nitrogens is 1. The van der Waals surface area contributed by atoms with Crippen molar-refractivity contribution in [2.75, 3.05) is 13.6 Å². The highest BCUT2D eigenvalue weighted by Crippen LogP contribution is 2.14. The lowest BCUT2D eigenvalue weighted by atomic mass is 10.1. The molecule has 2 aromatic rings. The van der Waals surface area contributed by atoms with E-state index in [1.807, 2.05) is 18.2 Å². The molecule has 0 spiro atoms. The van der Waals surface area contributed by atoms with Crippen molar-refractivity contribution >= 4 is 17.1 Å². The van der Waals surface area contributed by atoms with Gasteiger partial charge in [-0.05, 0) is 24.1 Å². The number of rotatable bonds is 3. The van der Waals surface area contributed by atoms with Crippen molar-refractivity contribution in [2.45, 2.75) is 6.42 Å². The van der Waals surface area contributed by atoms with E-state index in [9.17, 15) is 4.79 Å². The van der Waals surface area contributed by atoms with Crippen LogP contribution in [0.3, 0.4) is 0 Å². The first-order valence-corrected chi connectivity index (χ1v) is 4.99. The van der Waals surface area contributed by atoms with Crippen molar-refractivity contribution in [3.63, 3.8) is 0 Å². The highest BCUT2D eigenvalue weighted by atomic mass is 16.3. The van der Waals surface area contributed by atoms with Crippen LogP contribution in [0.1, 0.15) is 5.56 Å². The average molecular weight is 219 g/mol. The first-order valence-electron chi connectivity index (χ1n) is 4.99. The zero-order valence-corrected chi connectivity index (χ0v) is 9.01. The fourth-order valence-electron chi connectivity index (χ4n) is 1.46. The summed E-state index contributed by atoms with van der Waals surface area (Å²) in [5, 5.41) is 0. The second-order valence-corrected chi connectivity index (χ2v) is 3.66. The van der Waals surface area contributed by atoms with E-state index in [-0.39, 0.29) is 0 Å². The van der Waals surface area contributed by atoms with Crippen molar-refractivity contribution in [2.24, 2.45) is 5.73 Å². The van der Waals surface area contributed by atoms with Gasteiger partial charge in [-0.2, -0.15) is 0 Å². The first kappa shape index (κ1) is 10.5. The predicted molar refractivity (Wildman–Crippen MR) is 59.9 cm³/mol. The molecular weight excluding hydrogens is 206 g/mol. The number of primary amides is 1. The molecule has 0 aliphatic rings. The van der Waals surface area contributed by atoms with Gasteiger partial charge in [0.1, 0.15) is 5.52 Å². The summed E-state index contributed by atoms with van der Waals surface area (Å²) in [5.74, 6) is 0. The fraction of sp³-hybridized carbons (Fsp3) is 0.273. The Bertz CT molecular complexity index is 507. The van der Waals surface area contributed by atoms with E-state index in [1.54, 1.807) is 7.05 Å². The summed E-state index contributed by atoms with van der Waals surface area (Å²) in [7, 11) is 1.68. The molecule has 1 heterocycles. The number of likely N-dealkylation sites (N-methyl/N-ethyl adjacent to an activating group) is 1. The van der Waals surface area contributed by atoms with Crippen LogP contribution in [0.5, 0.6) is 0 Å². The number of carbonyl (C=O) groups excluding carboxylic acids is 1. The quantitative estimate of drug-likeness (QED) is 0.847. The molecule has 5 heteroatoms. The van der Waals surface area contributed by atoms with Crippen LogP contribution in [0.15, 0.2) is 29.0 Å². The molecule has 0 bridgehead atoms. The highest BCUT2D eigenvalue weighted by molar-refractivity contribution is 5.73. The summed E-state index contributed by atoms with van der Waals surface area (Å²) in [6.45, 7) is 0.592. The van der Waals surface area contributed by atoms with Crippen LogP contribution < -0.4 is 5.73 Å². The van der Waals surface area contributed by atoms with Gasteiger partial charge < -0.3 is 15.1 Å². The summed E-state index contributed by atoms with van der Waals surface area (Å²) < 4.78 is 5.20. The Kier molecular flexibility index (Phi) is 2.76. The summed E-state index contributed by atoms with van der Waals surface area (Å²) in [5.41, 5.74) is 7.83. The molecule has 1 aromatic carbocycles. The van der Waals surface area contributed by atoms with Crippen molar-refractivity contribution < 1.29 is 9.21 Å². The Balaban J connectivity index is 2.06. The van der Waals surface area contributed by atoms with Gasteiger partial charge in [-0.1, -0.05) is 6.07 Å². The third kappa shape index (κ3) is 2.13. The van der Waals surface area contributed by atoms with Crippen molar-refractivity contribution in [1.82, 2.24) is 9.88 Å². The Labute approximate surface area is 92.8 Å². The molecule has 0 aliphatic heterocycles. The molecule has 16 heavy (non-hydrogen) atoms. The molecule has 5 nitrogen and oxygen atoms in total. The number of benzene rings is 1. The van der Waals surface area contributed by atoms with Crippen molar-refractivity contribution in [3.05, 3.63) is 30.2 Å². The van der Waals surface area contributed by atoms with E-state index in [4.69, 9.17) is 10.2 Å². The van der Waals surface area contributed by atoms with Crippen LogP contribution in [0.25, 0.3) is 11.1 Å². The van der Waals surface area contributed by atoms with Gasteiger partial charge in [0.25, 0.3) is 0 Å². The van der Waals surface area contributed by atoms with E-state index in [0.29, 0.717) is 6.54 Å². The highest BCUT2D eigenvalue weighted by Gasteiger charge is 2.04. The molecule has 0 unspecified atom stereocenters. The number of nitrogens with zero attached hydrogens (tertiary/aromatic N) is 2. The minimum atomic E-state index is -0.416. The number of carbonyl (C=O) groups is 1. The molecule has 0 radical (unpaired) electrons. The monoisotopic (exact) mass is 219 g/mol. The lowest BCUT2D eigenvalue weighted by molar-refractivity contribution is 0.219. The van der Waals surface area contributed by atoms with Gasteiger partial charge in [0.15, 0.2) is 12.0 Å². The number of urea groups is 1. The van der Waals surface area contributed by atoms with E-state index < -0.39 is 6.03 Å². The molecular formula is C11H13N3O2. The normalized spacial score (nSPS) is 10.6. The zero-order valence-electron chi connectivity index (χ0n) is 9.01. The third-order valence-corrected chi connectivity index (χ3v) is 2.51. The Morgan fingerprint density at radius 3 is 3.12 bits per heavy atom. The number of nitrogens with two attached hydrogens (primary N) is 1. The van der Waals surface area contributed by atoms with Crippen LogP contribution in [0.2, 0.25) is 0 Å². The SMILES string of the molecule is CN(CCc1ccc2ncoc2c1)C(N)=O. The molecule has 0 saturated carbocycles. The first-order chi connectivity index (χ1) is 7.66. The van der Waals surface area contributed by atoms with Gasteiger partial charge in [0.05, 0.1) is 0 Å². The lowest BCUT2D eigenvalue weighted by Crippen LogP contribution is -2.33. The summed E-state index contributed by atoms with van der Waals surface area (Å²) in [6, 6.07) is 5.38. The maximum absolute atomic E-state index is 10.8. The molecule has 1 aromatic heterocycles. The van der Waals surface area contributed by atoms with Crippen LogP contribution >= 0.6 is 0 Å². The Morgan fingerprint density at radius 1 is 1.56 bits per heavy atom. The van der Waals surface area contributed by atoms with Gasteiger partial charge in [-0.15, -0.1) is 0 Å². The number of oxazole rings is 1. The van der Waals surface area contributed by atoms with Crippen LogP contribution in [-0.4, -0.2) is 29.5 Å². The minimum Gasteiger partial charge on any atom is -0.443 e. The van der Waals surface area contributed by atoms with Gasteiger partial charge in [-0.3, -0.25) is 0 Å². The van der Waals surface area contributed by atoms with E-state index in [0.717, 1.165) is 23.1 Å². The molecule has 0 saturated heterocycles. The Hall–Kier alpha value is -2.04. The molecule has 2 N–H and O–H groups in total. The molecule has 84 valence electrons. The fourth-order valence-corrected chi connectivity index (χ4v) is 1.46. The predicted octanol–water partition coefficient (Wildman–Crippen LogP) is 1.38. The summed E-state index contributed by atoms with van der Waals surface area (Å²) in [6.07, 6.45) is 2.17. The molecule has 0 atom stereocenters. The number of fused-ring (bicyclic) bond motifs is 1. The molecule has 0 aliphatic carbocycles. The largest absolute Gasteiger partial charge is 0.443 e. The lowest BCUT2D eigenvalue weighted by Gasteiger charge is -2.13. The second-order valence-electron chi connectivity index (χ2n) is 3.66. The molecule has 0 fully saturated rings. The van der Waals surface area contributed by atoms with Gasteiger partial charge in [0.2, 0.25) is 0 Å². The number of hydrogen-bond acceptors (Lipinski definition) is 3. The zero-order chi connectivity index (χ0) is 11.5. The molecule has 2 amide bonds. The van der Waals surface area contributed by atoms with E-state index in [1.165, 1.54) is 11.3 Å². The van der Waals surface area contributed by atoms with Crippen LogP contribution in [-0.2, 0) is 6.42 Å². The second kappa shape index (κ2) is 4.22. The van der Waals surface area contributed by atoms with Gasteiger partial charge in [-0.25, -0.2) is 9.78 Å². The maximum Gasteiger partial charge on any atom is 0.314 e. The maximum atomic E-state index is 10.8. The summed E-state index contributed by atoms with van der Waals surface area (Å²) in [4.78, 5) is 16.3. The van der Waals surface area contributed by atoms with E-state index in [2.05, 4.69) is 4.98 Å². The van der Waals surface area contributed by atoms with E-state index >= 15 is 0 Å². The van der Waals surface area contributed by atoms with Crippen molar-refractivity contribution in [3.8, 4) is 0 Å². The topological polar surface area (TPSA) is 72.4 Å². The van der Waals surface area contributed by atoms with Crippen LogP contribution in [0.4, 0.5) is 4.79 Å². The molecule has 2 rings (SSSR count). The smallest absolute Gasteiger partial charge is 0.314 e. The van der Waals surface area contributed by atoms with Crippen molar-refractivity contribution in [1.29, 1.82) is 0 Å². The number of amides is 2. The van der Waals surface area contributed by atoms with Gasteiger partial charge >= 0.3 is 6.03 Å². The third-order valence-electron chi connectivity index (χ3n) is 2.51. The standard InChI is InChI=1S/C11H13N3O2/c1-14(11(12)15)5-4-8-2-3-9-10(6-8)16-7-13-9/h2-3,6-7H,4-5H2,1H3,(H2,12,15). The summed E-state index contributed by atoms with van der Waals surface area (Å²) >= 11 is 0. The van der Waals surface area contributed by atoms with Crippen LogP contribution in [0, 0.1) is 0 Å². The minimum absolute atomic E-state index is 0.416. The number of hydrogen-bond donors (Lipinski definition) is 1. The average Bonchev–Trinajstić information content (AvgIpc) is 2.72. The Morgan fingerprint density at radius 2 is 2.38 bits per heavy atom.